The summed E-state index contributed by atoms with van der Waals surface area (Å²) in [7, 11) is 4.80. The monoisotopic (exact) mass is 307 g/mol. The molecule has 5 nitrogen and oxygen atoms in total. The molecule has 0 fully saturated rings. The normalized spacial score (nSPS) is 11.0. The average Bonchev–Trinajstić information content (AvgIpc) is 2.54. The maximum absolute atomic E-state index is 11.9. The number of hydrogen-bond acceptors (Lipinski definition) is 4. The van der Waals surface area contributed by atoms with Crippen molar-refractivity contribution in [3.63, 3.8) is 0 Å². The van der Waals surface area contributed by atoms with E-state index < -0.39 is 0 Å². The van der Waals surface area contributed by atoms with Crippen molar-refractivity contribution in [3.05, 3.63) is 29.3 Å². The number of methoxy groups -OCH3 is 3. The average molecular weight is 307 g/mol. The topological polar surface area (TPSA) is 56.8 Å². The van der Waals surface area contributed by atoms with Crippen molar-refractivity contribution >= 4 is 5.91 Å². The Bertz CT molecular complexity index is 512. The fourth-order valence-electron chi connectivity index (χ4n) is 2.16. The summed E-state index contributed by atoms with van der Waals surface area (Å²) in [5, 5.41) is 2.90. The van der Waals surface area contributed by atoms with Gasteiger partial charge in [-0.25, -0.2) is 0 Å². The van der Waals surface area contributed by atoms with E-state index in [-0.39, 0.29) is 5.91 Å². The number of nitrogens with one attached hydrogen (secondary N) is 1. The molecule has 0 saturated carbocycles. The molecule has 1 rings (SSSR count). The third kappa shape index (κ3) is 4.69. The Morgan fingerprint density at radius 2 is 1.73 bits per heavy atom. The van der Waals surface area contributed by atoms with Gasteiger partial charge in [-0.1, -0.05) is 13.0 Å². The smallest absolute Gasteiger partial charge is 0.246 e. The predicted molar refractivity (Wildman–Crippen MR) is 86.9 cm³/mol. The number of benzene rings is 1. The summed E-state index contributed by atoms with van der Waals surface area (Å²) in [5.41, 5.74) is 1.64. The number of ether oxygens (including phenoxy) is 3. The van der Waals surface area contributed by atoms with E-state index in [2.05, 4.69) is 5.32 Å². The first kappa shape index (κ1) is 17.9. The Balaban J connectivity index is 2.80. The summed E-state index contributed by atoms with van der Waals surface area (Å²) >= 11 is 0. The number of amides is 1. The minimum Gasteiger partial charge on any atom is -0.496 e. The first-order valence-electron chi connectivity index (χ1n) is 7.31. The van der Waals surface area contributed by atoms with Gasteiger partial charge in [0.1, 0.15) is 17.2 Å². The van der Waals surface area contributed by atoms with Crippen LogP contribution >= 0.6 is 0 Å². The van der Waals surface area contributed by atoms with E-state index in [0.29, 0.717) is 30.2 Å². The van der Waals surface area contributed by atoms with Crippen LogP contribution in [0.5, 0.6) is 17.2 Å². The van der Waals surface area contributed by atoms with Crippen molar-refractivity contribution in [2.45, 2.75) is 26.7 Å². The van der Waals surface area contributed by atoms with Crippen LogP contribution in [0.3, 0.4) is 0 Å². The minimum atomic E-state index is -0.0479. The van der Waals surface area contributed by atoms with Crippen LogP contribution in [0.1, 0.15) is 25.8 Å². The van der Waals surface area contributed by atoms with Crippen molar-refractivity contribution < 1.29 is 19.0 Å². The van der Waals surface area contributed by atoms with Crippen molar-refractivity contribution in [1.82, 2.24) is 5.32 Å². The van der Waals surface area contributed by atoms with E-state index >= 15 is 0 Å². The zero-order valence-electron chi connectivity index (χ0n) is 14.0. The van der Waals surface area contributed by atoms with Gasteiger partial charge in [0.05, 0.1) is 21.3 Å². The van der Waals surface area contributed by atoms with Gasteiger partial charge in [0.15, 0.2) is 0 Å². The van der Waals surface area contributed by atoms with Crippen LogP contribution in [-0.4, -0.2) is 33.8 Å². The Hall–Kier alpha value is -2.17. The molecule has 0 aliphatic carbocycles. The molecule has 0 radical (unpaired) electrons. The maximum Gasteiger partial charge on any atom is 0.246 e. The van der Waals surface area contributed by atoms with Crippen LogP contribution in [0, 0.1) is 0 Å². The van der Waals surface area contributed by atoms with E-state index in [0.717, 1.165) is 17.6 Å². The molecule has 0 unspecified atom stereocenters. The SMILES string of the molecule is CCC=C(C)C(=O)NCCc1c(OC)cc(OC)cc1OC. The molecule has 1 N–H and O–H groups in total. The molecule has 0 heterocycles. The second-order valence-electron chi connectivity index (χ2n) is 4.81. The highest BCUT2D eigenvalue weighted by molar-refractivity contribution is 5.92. The largest absolute Gasteiger partial charge is 0.496 e. The van der Waals surface area contributed by atoms with Gasteiger partial charge < -0.3 is 19.5 Å². The summed E-state index contributed by atoms with van der Waals surface area (Å²) < 4.78 is 16.0. The first-order valence-corrected chi connectivity index (χ1v) is 7.31. The van der Waals surface area contributed by atoms with Gasteiger partial charge in [0, 0.05) is 29.8 Å². The molecular weight excluding hydrogens is 282 g/mol. The summed E-state index contributed by atoms with van der Waals surface area (Å²) in [4.78, 5) is 11.9. The lowest BCUT2D eigenvalue weighted by Gasteiger charge is -2.15. The molecule has 0 bridgehead atoms. The Morgan fingerprint density at radius 3 is 2.18 bits per heavy atom. The molecule has 1 aromatic carbocycles. The molecule has 0 saturated heterocycles. The third-order valence-corrected chi connectivity index (χ3v) is 3.35. The van der Waals surface area contributed by atoms with Gasteiger partial charge in [0.2, 0.25) is 5.91 Å². The zero-order chi connectivity index (χ0) is 16.5. The molecule has 5 heteroatoms. The summed E-state index contributed by atoms with van der Waals surface area (Å²) in [6, 6.07) is 3.61. The molecule has 0 aromatic heterocycles. The van der Waals surface area contributed by atoms with Crippen molar-refractivity contribution in [1.29, 1.82) is 0 Å². The van der Waals surface area contributed by atoms with Crippen LogP contribution in [0.4, 0.5) is 0 Å². The van der Waals surface area contributed by atoms with Crippen molar-refractivity contribution in [2.75, 3.05) is 27.9 Å². The first-order chi connectivity index (χ1) is 10.6. The molecule has 1 aromatic rings. The van der Waals surface area contributed by atoms with Gasteiger partial charge in [-0.05, 0) is 19.8 Å². The number of rotatable bonds is 8. The molecule has 1 amide bonds. The number of carbonyl (C=O) groups excluding carboxylic acids is 1. The highest BCUT2D eigenvalue weighted by Crippen LogP contribution is 2.34. The van der Waals surface area contributed by atoms with E-state index in [1.807, 2.05) is 32.1 Å². The fraction of sp³-hybridized carbons (Fsp3) is 0.471. The van der Waals surface area contributed by atoms with E-state index in [1.54, 1.807) is 21.3 Å². The summed E-state index contributed by atoms with van der Waals surface area (Å²) in [5.74, 6) is 1.99. The van der Waals surface area contributed by atoms with Gasteiger partial charge in [-0.15, -0.1) is 0 Å². The molecule has 0 aliphatic heterocycles. The van der Waals surface area contributed by atoms with Crippen LogP contribution in [-0.2, 0) is 11.2 Å². The molecule has 0 atom stereocenters. The van der Waals surface area contributed by atoms with Crippen LogP contribution in [0.25, 0.3) is 0 Å². The lowest BCUT2D eigenvalue weighted by atomic mass is 10.1. The van der Waals surface area contributed by atoms with E-state index in [4.69, 9.17) is 14.2 Å². The zero-order valence-corrected chi connectivity index (χ0v) is 14.0. The number of carbonyl (C=O) groups is 1. The van der Waals surface area contributed by atoms with Crippen molar-refractivity contribution in [2.24, 2.45) is 0 Å². The van der Waals surface area contributed by atoms with Gasteiger partial charge in [-0.2, -0.15) is 0 Å². The highest BCUT2D eigenvalue weighted by atomic mass is 16.5. The van der Waals surface area contributed by atoms with Gasteiger partial charge in [-0.3, -0.25) is 4.79 Å². The summed E-state index contributed by atoms with van der Waals surface area (Å²) in [6.07, 6.45) is 3.37. The maximum atomic E-state index is 11.9. The molecule has 22 heavy (non-hydrogen) atoms. The van der Waals surface area contributed by atoms with E-state index in [1.165, 1.54) is 0 Å². The Kier molecular flexibility index (Phi) is 7.29. The summed E-state index contributed by atoms with van der Waals surface area (Å²) in [6.45, 7) is 4.32. The predicted octanol–water partition coefficient (Wildman–Crippen LogP) is 2.73. The standard InChI is InChI=1S/C17H25NO4/c1-6-7-12(2)17(19)18-9-8-14-15(21-4)10-13(20-3)11-16(14)22-5/h7,10-11H,6,8-9H2,1-5H3,(H,18,19). The van der Waals surface area contributed by atoms with Crippen LogP contribution < -0.4 is 19.5 Å². The fourth-order valence-corrected chi connectivity index (χ4v) is 2.16. The van der Waals surface area contributed by atoms with Gasteiger partial charge >= 0.3 is 0 Å². The molecule has 0 spiro atoms. The number of hydrogen-bond donors (Lipinski definition) is 1. The van der Waals surface area contributed by atoms with Crippen LogP contribution in [0.15, 0.2) is 23.8 Å². The van der Waals surface area contributed by atoms with Crippen molar-refractivity contribution in [3.8, 4) is 17.2 Å². The second kappa shape index (κ2) is 8.97. The quantitative estimate of drug-likeness (QED) is 0.750. The van der Waals surface area contributed by atoms with Gasteiger partial charge in [0.25, 0.3) is 0 Å². The molecular formula is C17H25NO4. The molecule has 0 aliphatic rings. The highest BCUT2D eigenvalue weighted by Gasteiger charge is 2.13. The molecule has 122 valence electrons. The number of allylic oxidation sites excluding steroid dienone is 1. The van der Waals surface area contributed by atoms with E-state index in [9.17, 15) is 4.79 Å². The third-order valence-electron chi connectivity index (χ3n) is 3.35. The lowest BCUT2D eigenvalue weighted by molar-refractivity contribution is -0.117. The Morgan fingerprint density at radius 1 is 1.14 bits per heavy atom. The lowest BCUT2D eigenvalue weighted by Crippen LogP contribution is -2.26. The Labute approximate surface area is 132 Å². The van der Waals surface area contributed by atoms with Crippen LogP contribution in [0.2, 0.25) is 0 Å². The minimum absolute atomic E-state index is 0.0479. The second-order valence-corrected chi connectivity index (χ2v) is 4.81.